The van der Waals surface area contributed by atoms with Crippen LogP contribution in [-0.2, 0) is 53.7 Å². The smallest absolute Gasteiger partial charge is 0.0886 e. The minimum atomic E-state index is -0.106. The second-order valence-electron chi connectivity index (χ2n) is 13.9. The predicted octanol–water partition coefficient (Wildman–Crippen LogP) is 10.5. The Labute approximate surface area is 398 Å². The second-order valence-corrected chi connectivity index (χ2v) is 16.3. The van der Waals surface area contributed by atoms with E-state index in [2.05, 4.69) is 46.6 Å². The van der Waals surface area contributed by atoms with Crippen molar-refractivity contribution in [2.45, 2.75) is 20.3 Å². The van der Waals surface area contributed by atoms with Crippen LogP contribution >= 0.6 is 19.1 Å². The van der Waals surface area contributed by atoms with Crippen LogP contribution in [0.1, 0.15) is 18.1 Å². The molecule has 0 fully saturated rings. The molecule has 0 aliphatic carbocycles. The molecule has 0 unspecified atom stereocenters. The molecule has 0 N–H and O–H groups in total. The number of benzene rings is 2. The fraction of sp³-hybridized carbons (Fsp3) is 0.0816. The summed E-state index contributed by atoms with van der Waals surface area (Å²) in [5.41, 5.74) is 11.2. The molecule has 0 saturated carbocycles. The van der Waals surface area contributed by atoms with Crippen molar-refractivity contribution in [1.82, 2.24) is 44.9 Å². The van der Waals surface area contributed by atoms with Gasteiger partial charge in [-0.25, -0.2) is 15.0 Å². The van der Waals surface area contributed by atoms with Crippen LogP contribution in [0.25, 0.3) is 77.1 Å². The zero-order valence-corrected chi connectivity index (χ0v) is 39.5. The van der Waals surface area contributed by atoms with Crippen molar-refractivity contribution < 1.29 is 44.8 Å². The number of ketones is 1. The van der Waals surface area contributed by atoms with Gasteiger partial charge in [0.1, 0.15) is 23.9 Å². The van der Waals surface area contributed by atoms with Crippen LogP contribution in [0.2, 0.25) is 0 Å². The molecule has 11 rings (SSSR count). The number of pyridine rings is 8. The normalized spacial score (nSPS) is 10.4. The molecule has 2 aromatic carbocycles. The van der Waals surface area contributed by atoms with Crippen LogP contribution in [0, 0.1) is 6.92 Å². The summed E-state index contributed by atoms with van der Waals surface area (Å²) in [5, 5.41) is 3.93. The number of carbonyl (C=O) groups is 1. The molecule has 322 valence electrons. The molecule has 0 amide bonds. The molecule has 9 heterocycles. The molecular weight excluding hydrogens is 1020 g/mol. The summed E-state index contributed by atoms with van der Waals surface area (Å²) in [4.78, 5) is 51.0. The van der Waals surface area contributed by atoms with Gasteiger partial charge in [0.15, 0.2) is 6.20 Å². The van der Waals surface area contributed by atoms with E-state index in [0.717, 1.165) is 82.6 Å². The van der Waals surface area contributed by atoms with Crippen LogP contribution in [0.5, 0.6) is 0 Å². The summed E-state index contributed by atoms with van der Waals surface area (Å²) in [6, 6.07) is 35.3. The first-order chi connectivity index (χ1) is 30.9. The Morgan fingerprint density at radius 2 is 0.938 bits per heavy atom. The van der Waals surface area contributed by atoms with E-state index >= 15 is 0 Å². The summed E-state index contributed by atoms with van der Waals surface area (Å²) in [5.74, 6) is 0.186. The number of hydrogen-bond acceptors (Lipinski definition) is 10. The van der Waals surface area contributed by atoms with Crippen molar-refractivity contribution >= 4 is 90.5 Å². The molecule has 0 aliphatic heterocycles. The van der Waals surface area contributed by atoms with Crippen LogP contribution in [-0.4, -0.2) is 50.6 Å². The maximum absolute atomic E-state index is 10.6. The Kier molecular flexibility index (Phi) is 17.4. The van der Waals surface area contributed by atoms with Gasteiger partial charge in [-0.15, -0.1) is 0 Å². The Hall–Kier alpha value is -6.18. The number of nitrogens with zero attached hydrogens (tertiary/aromatic N) is 10. The third-order valence-electron chi connectivity index (χ3n) is 9.61. The number of halogens is 2. The van der Waals surface area contributed by atoms with E-state index in [0.29, 0.717) is 6.42 Å². The van der Waals surface area contributed by atoms with Gasteiger partial charge < -0.3 is 0 Å². The summed E-state index contributed by atoms with van der Waals surface area (Å²) < 4.78 is 2.10. The SMILES string of the molecule is CC(=O)Cc1ccncc1.C[n+]1cccc2c3nc4c5cccnc5c5ncccc5c4nc3c3cccnc3c21.Cc1ccncc1.[Cl][Pd][Cl].[Ru].c1ccc(-c2ccccn2)nc1. The van der Waals surface area contributed by atoms with Gasteiger partial charge in [-0.2, -0.15) is 4.57 Å². The minimum absolute atomic E-state index is 0. The first kappa shape index (κ1) is 47.3. The summed E-state index contributed by atoms with van der Waals surface area (Å²) in [7, 11) is 11.7. The summed E-state index contributed by atoms with van der Waals surface area (Å²) >= 11 is -0.106. The molecule has 0 saturated heterocycles. The van der Waals surface area contributed by atoms with Gasteiger partial charge in [-0.1, -0.05) is 12.1 Å². The maximum atomic E-state index is 10.6. The maximum Gasteiger partial charge on any atom is 0.0886 e. The number of hydrogen-bond donors (Lipinski definition) is 0. The fourth-order valence-electron chi connectivity index (χ4n) is 6.88. The van der Waals surface area contributed by atoms with E-state index < -0.39 is 0 Å². The van der Waals surface area contributed by atoms with Crippen molar-refractivity contribution in [1.29, 1.82) is 0 Å². The van der Waals surface area contributed by atoms with E-state index in [1.165, 1.54) is 5.56 Å². The number of aromatic nitrogens is 10. The summed E-state index contributed by atoms with van der Waals surface area (Å²) in [6.45, 7) is 3.63. The van der Waals surface area contributed by atoms with Gasteiger partial charge in [-0.3, -0.25) is 34.7 Å². The Morgan fingerprint density at radius 3 is 1.38 bits per heavy atom. The summed E-state index contributed by atoms with van der Waals surface area (Å²) in [6.07, 6.45) is 18.5. The van der Waals surface area contributed by atoms with Gasteiger partial charge in [0.25, 0.3) is 0 Å². The van der Waals surface area contributed by atoms with E-state index in [1.54, 1.807) is 56.5 Å². The van der Waals surface area contributed by atoms with Gasteiger partial charge in [0, 0.05) is 104 Å². The molecule has 0 spiro atoms. The van der Waals surface area contributed by atoms with Crippen molar-refractivity contribution in [2.75, 3.05) is 0 Å². The van der Waals surface area contributed by atoms with Crippen LogP contribution in [0.15, 0.2) is 171 Å². The Morgan fingerprint density at radius 1 is 0.516 bits per heavy atom. The van der Waals surface area contributed by atoms with Gasteiger partial charge in [0.05, 0.1) is 44.4 Å². The van der Waals surface area contributed by atoms with E-state index in [9.17, 15) is 4.79 Å². The average Bonchev–Trinajstić information content (AvgIpc) is 3.33. The fourth-order valence-corrected chi connectivity index (χ4v) is 6.88. The first-order valence-corrected chi connectivity index (χ1v) is 23.6. The third kappa shape index (κ3) is 11.5. The minimum Gasteiger partial charge on any atom is -0.255 e. The predicted molar refractivity (Wildman–Crippen MR) is 248 cm³/mol. The molecule has 15 heteroatoms. The Balaban J connectivity index is 0.000000169. The number of aryl methyl sites for hydroxylation is 2. The quantitative estimate of drug-likeness (QED) is 0.0728. The zero-order chi connectivity index (χ0) is 44.0. The van der Waals surface area contributed by atoms with Gasteiger partial charge in [0.2, 0.25) is 5.52 Å². The molecule has 0 bridgehead atoms. The molecule has 11 aromatic rings. The van der Waals surface area contributed by atoms with Crippen LogP contribution in [0.3, 0.4) is 0 Å². The molecule has 0 aliphatic rings. The third-order valence-corrected chi connectivity index (χ3v) is 9.61. The number of Topliss-reactive ketones (excluding diaryl/α,β-unsaturated/α-hetero) is 1. The largest absolute Gasteiger partial charge is 0.255 e. The molecule has 0 atom stereocenters. The molecule has 64 heavy (non-hydrogen) atoms. The number of fused-ring (bicyclic) bond motifs is 12. The van der Waals surface area contributed by atoms with Gasteiger partial charge >= 0.3 is 35.0 Å². The second kappa shape index (κ2) is 23.5. The number of carbonyl (C=O) groups excluding carboxylic acids is 1. The van der Waals surface area contributed by atoms with Crippen molar-refractivity contribution in [3.05, 3.63) is 182 Å². The topological polar surface area (TPSA) is 137 Å². The van der Waals surface area contributed by atoms with Crippen molar-refractivity contribution in [2.24, 2.45) is 7.05 Å². The first-order valence-electron chi connectivity index (χ1n) is 19.6. The van der Waals surface area contributed by atoms with Crippen LogP contribution < -0.4 is 4.57 Å². The Bertz CT molecular complexity index is 3240. The molecule has 9 aromatic heterocycles. The van der Waals surface area contributed by atoms with Crippen molar-refractivity contribution in [3.8, 4) is 11.4 Å². The molecule has 11 nitrogen and oxygen atoms in total. The average molecular weight is 1060 g/mol. The zero-order valence-electron chi connectivity index (χ0n) is 34.7. The van der Waals surface area contributed by atoms with Gasteiger partial charge in [-0.05, 0) is 116 Å². The van der Waals surface area contributed by atoms with E-state index in [1.807, 2.05) is 123 Å². The molecule has 0 radical (unpaired) electrons. The van der Waals surface area contributed by atoms with Crippen LogP contribution in [0.4, 0.5) is 0 Å². The number of rotatable bonds is 3. The van der Waals surface area contributed by atoms with Crippen molar-refractivity contribution in [3.63, 3.8) is 0 Å². The monoisotopic (exact) mass is 1060 g/mol. The van der Waals surface area contributed by atoms with E-state index in [4.69, 9.17) is 34.0 Å². The molecular formula is C49H39Cl2N10OPdRu+. The standard InChI is InChI=1S/C25H15N6.C10H8N2.C8H9NO.C6H7N.2ClH.Pd.Ru/c1-31-13-5-9-17-23-22(16-8-4-12-28-24(16)25(17)31)29-20-14-6-2-10-26-18(14)19-15(21(20)30-23)7-3-11-27-19;1-3-7-11-9(5-1)10-6-2-4-8-12-10;1-7(10)6-8-2-4-9-5-3-8;1-6-2-4-7-5-3-6;;;;/h2-13H,1H3;1-8H;2-5H,6H2,1H3;2-5H,1H3;2*1H;;/q+1;;;;;;+2;/p-2. The van der Waals surface area contributed by atoms with E-state index in [-0.39, 0.29) is 41.2 Å².